The molecule has 1 saturated carbocycles. The Balaban J connectivity index is 1.18. The lowest BCUT2D eigenvalue weighted by atomic mass is 9.85. The molecule has 43 heavy (non-hydrogen) atoms. The van der Waals surface area contributed by atoms with Gasteiger partial charge >= 0.3 is 5.97 Å². The Morgan fingerprint density at radius 3 is 2.40 bits per heavy atom. The number of thiazole rings is 1. The lowest BCUT2D eigenvalue weighted by molar-refractivity contribution is -0.144. The summed E-state index contributed by atoms with van der Waals surface area (Å²) in [6.07, 6.45) is 1.94. The van der Waals surface area contributed by atoms with Crippen LogP contribution in [0.3, 0.4) is 0 Å². The van der Waals surface area contributed by atoms with Gasteiger partial charge < -0.3 is 24.5 Å². The number of likely N-dealkylation sites (N-methyl/N-ethyl adjacent to an activating group) is 1. The monoisotopic (exact) mass is 602 g/mol. The molecule has 3 aromatic rings. The Hall–Kier alpha value is -3.92. The summed E-state index contributed by atoms with van der Waals surface area (Å²) in [5, 5.41) is 12.7. The van der Waals surface area contributed by atoms with Crippen LogP contribution in [0.4, 0.5) is 5.13 Å². The number of fused-ring (bicyclic) bond motifs is 2. The number of anilines is 1. The first kappa shape index (κ1) is 29.2. The van der Waals surface area contributed by atoms with E-state index >= 15 is 0 Å². The molecule has 2 saturated heterocycles. The van der Waals surface area contributed by atoms with E-state index in [9.17, 15) is 19.5 Å². The highest BCUT2D eigenvalue weighted by Crippen LogP contribution is 2.44. The van der Waals surface area contributed by atoms with Crippen molar-refractivity contribution in [2.45, 2.75) is 40.2 Å². The highest BCUT2D eigenvalue weighted by atomic mass is 32.1. The predicted octanol–water partition coefficient (Wildman–Crippen LogP) is 4.78. The second-order valence-electron chi connectivity index (χ2n) is 12.3. The Morgan fingerprint density at radius 1 is 1.05 bits per heavy atom. The summed E-state index contributed by atoms with van der Waals surface area (Å²) in [5.74, 6) is 0.0307. The summed E-state index contributed by atoms with van der Waals surface area (Å²) in [7, 11) is 1.76. The number of aryl methyl sites for hydroxylation is 3. The third-order valence-corrected chi connectivity index (χ3v) is 10.3. The average Bonchev–Trinajstić information content (AvgIpc) is 3.57. The SMILES string of the molecule is Cc1ccc(OCc2c(C)cc(C(=O)N3CCN(C)C(=O)C3)cc2C)c(-c2csc(N3CC4CC[C@@H](C3)C4C(=O)O)n2)c1. The van der Waals surface area contributed by atoms with Crippen molar-refractivity contribution in [3.63, 3.8) is 0 Å². The number of hydrogen-bond donors (Lipinski definition) is 1. The molecule has 3 heterocycles. The third kappa shape index (κ3) is 5.72. The van der Waals surface area contributed by atoms with Crippen LogP contribution in [0.2, 0.25) is 0 Å². The molecule has 3 atom stereocenters. The number of ether oxygens (including phenoxy) is 1. The van der Waals surface area contributed by atoms with Crippen LogP contribution in [-0.4, -0.2) is 77.4 Å². The minimum Gasteiger partial charge on any atom is -0.488 e. The molecule has 2 aromatic carbocycles. The number of aromatic nitrogens is 1. The standard InChI is InChI=1S/C33H38N4O5S/c1-19-5-8-28(25(11-19)27-18-43-33(34-27)37-14-22-6-7-23(15-37)30(22)32(40)41)42-17-26-20(2)12-24(13-21(26)3)31(39)36-10-9-35(4)29(38)16-36/h5,8,11-13,18,22-23,30H,6-7,9-10,14-17H2,1-4H3,(H,40,41)/t22-,23?,30?/m0/s1. The van der Waals surface area contributed by atoms with Gasteiger partial charge in [-0.05, 0) is 86.4 Å². The van der Waals surface area contributed by atoms with Gasteiger partial charge in [0.15, 0.2) is 5.13 Å². The second kappa shape index (κ2) is 11.6. The highest BCUT2D eigenvalue weighted by Gasteiger charge is 2.46. The minimum atomic E-state index is -0.660. The smallest absolute Gasteiger partial charge is 0.307 e. The maximum atomic E-state index is 13.2. The van der Waals surface area contributed by atoms with Gasteiger partial charge in [0.25, 0.3) is 5.91 Å². The number of aliphatic carboxylic acids is 1. The van der Waals surface area contributed by atoms with Crippen molar-refractivity contribution in [1.29, 1.82) is 0 Å². The zero-order chi connectivity index (χ0) is 30.4. The zero-order valence-electron chi connectivity index (χ0n) is 25.1. The van der Waals surface area contributed by atoms with E-state index in [2.05, 4.69) is 16.3 Å². The van der Waals surface area contributed by atoms with Crippen LogP contribution >= 0.6 is 11.3 Å². The van der Waals surface area contributed by atoms with Crippen LogP contribution < -0.4 is 9.64 Å². The fraction of sp³-hybridized carbons (Fsp3) is 0.455. The number of carboxylic acid groups (broad SMARTS) is 1. The van der Waals surface area contributed by atoms with Crippen molar-refractivity contribution in [1.82, 2.24) is 14.8 Å². The third-order valence-electron chi connectivity index (χ3n) is 9.35. The molecule has 1 N–H and O–H groups in total. The molecule has 0 spiro atoms. The van der Waals surface area contributed by atoms with Gasteiger partial charge in [-0.1, -0.05) is 11.6 Å². The number of nitrogens with zero attached hydrogens (tertiary/aromatic N) is 4. The molecule has 0 radical (unpaired) electrons. The number of rotatable bonds is 7. The van der Waals surface area contributed by atoms with Gasteiger partial charge in [0, 0.05) is 49.7 Å². The summed E-state index contributed by atoms with van der Waals surface area (Å²) < 4.78 is 6.42. The highest BCUT2D eigenvalue weighted by molar-refractivity contribution is 7.14. The van der Waals surface area contributed by atoms with Gasteiger partial charge in [-0.25, -0.2) is 4.98 Å². The van der Waals surface area contributed by atoms with Crippen molar-refractivity contribution in [3.05, 3.63) is 63.5 Å². The zero-order valence-corrected chi connectivity index (χ0v) is 25.9. The lowest BCUT2D eigenvalue weighted by Crippen LogP contribution is -2.50. The number of benzene rings is 2. The quantitative estimate of drug-likeness (QED) is 0.415. The van der Waals surface area contributed by atoms with Crippen LogP contribution in [0, 0.1) is 38.5 Å². The van der Waals surface area contributed by atoms with E-state index in [1.54, 1.807) is 28.2 Å². The van der Waals surface area contributed by atoms with Crippen LogP contribution in [0.25, 0.3) is 11.3 Å². The lowest BCUT2D eigenvalue weighted by Gasteiger charge is -2.35. The van der Waals surface area contributed by atoms with Crippen molar-refractivity contribution < 1.29 is 24.2 Å². The average molecular weight is 603 g/mol. The maximum absolute atomic E-state index is 13.2. The molecule has 226 valence electrons. The van der Waals surface area contributed by atoms with Gasteiger partial charge in [0.05, 0.1) is 11.6 Å². The summed E-state index contributed by atoms with van der Waals surface area (Å²) in [4.78, 5) is 47.6. The maximum Gasteiger partial charge on any atom is 0.307 e. The molecule has 3 aliphatic rings. The number of carbonyl (C=O) groups is 3. The number of carboxylic acids is 1. The van der Waals surface area contributed by atoms with Gasteiger partial charge in [-0.2, -0.15) is 0 Å². The minimum absolute atomic E-state index is 0.0472. The summed E-state index contributed by atoms with van der Waals surface area (Å²) >= 11 is 1.59. The Morgan fingerprint density at radius 2 is 1.74 bits per heavy atom. The Kier molecular flexibility index (Phi) is 7.89. The topological polar surface area (TPSA) is 103 Å². The van der Waals surface area contributed by atoms with Crippen molar-refractivity contribution in [2.24, 2.45) is 17.8 Å². The first-order chi connectivity index (χ1) is 20.6. The summed E-state index contributed by atoms with van der Waals surface area (Å²) in [6, 6.07) is 9.88. The molecule has 2 amide bonds. The summed E-state index contributed by atoms with van der Waals surface area (Å²) in [5.41, 5.74) is 6.42. The first-order valence-corrected chi connectivity index (χ1v) is 15.8. The molecule has 6 rings (SSSR count). The van der Waals surface area contributed by atoms with Crippen molar-refractivity contribution >= 4 is 34.3 Å². The molecule has 9 nitrogen and oxygen atoms in total. The molecular formula is C33H38N4O5S. The van der Waals surface area contributed by atoms with E-state index in [1.165, 1.54) is 0 Å². The molecule has 1 aromatic heterocycles. The molecule has 2 unspecified atom stereocenters. The van der Waals surface area contributed by atoms with Gasteiger partial charge in [-0.3, -0.25) is 14.4 Å². The molecule has 10 heteroatoms. The normalized spacial score (nSPS) is 21.8. The molecule has 1 aliphatic carbocycles. The van der Waals surface area contributed by atoms with Crippen LogP contribution in [0.1, 0.15) is 45.5 Å². The molecule has 3 fully saturated rings. The van der Waals surface area contributed by atoms with E-state index in [-0.39, 0.29) is 36.1 Å². The molecule has 2 aliphatic heterocycles. The fourth-order valence-electron chi connectivity index (χ4n) is 6.89. The van der Waals surface area contributed by atoms with E-state index in [0.29, 0.717) is 25.3 Å². The second-order valence-corrected chi connectivity index (χ2v) is 13.1. The number of hydrogen-bond acceptors (Lipinski definition) is 7. The van der Waals surface area contributed by atoms with Crippen LogP contribution in [0.5, 0.6) is 5.75 Å². The number of amides is 2. The van der Waals surface area contributed by atoms with E-state index in [4.69, 9.17) is 9.72 Å². The van der Waals surface area contributed by atoms with Gasteiger partial charge in [-0.15, -0.1) is 11.3 Å². The van der Waals surface area contributed by atoms with E-state index in [0.717, 1.165) is 70.3 Å². The number of carbonyl (C=O) groups excluding carboxylic acids is 2. The van der Waals surface area contributed by atoms with Gasteiger partial charge in [0.2, 0.25) is 5.91 Å². The van der Waals surface area contributed by atoms with E-state index < -0.39 is 5.97 Å². The van der Waals surface area contributed by atoms with E-state index in [1.807, 2.05) is 45.0 Å². The van der Waals surface area contributed by atoms with Crippen LogP contribution in [-0.2, 0) is 16.2 Å². The Labute approximate surface area is 256 Å². The van der Waals surface area contributed by atoms with Crippen molar-refractivity contribution in [2.75, 3.05) is 44.7 Å². The Bertz CT molecular complexity index is 1550. The number of piperidine rings is 1. The van der Waals surface area contributed by atoms with Crippen molar-refractivity contribution in [3.8, 4) is 17.0 Å². The predicted molar refractivity (Wildman–Crippen MR) is 166 cm³/mol. The van der Waals surface area contributed by atoms with Gasteiger partial charge in [0.1, 0.15) is 18.9 Å². The molecule has 2 bridgehead atoms. The molecular weight excluding hydrogens is 564 g/mol. The largest absolute Gasteiger partial charge is 0.488 e. The number of piperazine rings is 1. The first-order valence-electron chi connectivity index (χ1n) is 14.9. The summed E-state index contributed by atoms with van der Waals surface area (Å²) in [6.45, 7) is 9.01. The fourth-order valence-corrected chi connectivity index (χ4v) is 7.74. The van der Waals surface area contributed by atoms with Crippen LogP contribution in [0.15, 0.2) is 35.7 Å².